The molecule has 0 bridgehead atoms. The van der Waals surface area contributed by atoms with Crippen LogP contribution in [0.5, 0.6) is 11.5 Å². The zero-order valence-electron chi connectivity index (χ0n) is 12.3. The highest BCUT2D eigenvalue weighted by Gasteiger charge is 2.32. The van der Waals surface area contributed by atoms with Gasteiger partial charge in [0, 0.05) is 18.5 Å². The molecule has 118 valence electrons. The number of benzene rings is 1. The second kappa shape index (κ2) is 6.25. The summed E-state index contributed by atoms with van der Waals surface area (Å²) < 4.78 is 11.1. The van der Waals surface area contributed by atoms with Crippen molar-refractivity contribution in [3.63, 3.8) is 0 Å². The van der Waals surface area contributed by atoms with Crippen LogP contribution in [0, 0.1) is 0 Å². The van der Waals surface area contributed by atoms with Crippen LogP contribution in [0.1, 0.15) is 36.0 Å². The van der Waals surface area contributed by atoms with E-state index in [-0.39, 0.29) is 5.91 Å². The summed E-state index contributed by atoms with van der Waals surface area (Å²) in [6.45, 7) is 1.61. The maximum Gasteiger partial charge on any atom is 0.326 e. The van der Waals surface area contributed by atoms with E-state index >= 15 is 0 Å². The quantitative estimate of drug-likeness (QED) is 0.903. The summed E-state index contributed by atoms with van der Waals surface area (Å²) in [6.07, 6.45) is 2.97. The van der Waals surface area contributed by atoms with Crippen molar-refractivity contribution in [3.05, 3.63) is 23.8 Å². The van der Waals surface area contributed by atoms with Crippen molar-refractivity contribution in [3.8, 4) is 11.5 Å². The largest absolute Gasteiger partial charge is 0.490 e. The van der Waals surface area contributed by atoms with E-state index in [9.17, 15) is 14.7 Å². The molecule has 1 N–H and O–H groups in total. The minimum atomic E-state index is -0.942. The van der Waals surface area contributed by atoms with Crippen LogP contribution in [-0.4, -0.2) is 47.7 Å². The number of nitrogens with zero attached hydrogens (tertiary/aromatic N) is 1. The number of aliphatic carboxylic acids is 1. The number of ether oxygens (including phenoxy) is 2. The molecule has 6 nitrogen and oxygen atoms in total. The predicted molar refractivity (Wildman–Crippen MR) is 78.4 cm³/mol. The first-order valence-corrected chi connectivity index (χ1v) is 7.60. The zero-order chi connectivity index (χ0) is 15.5. The van der Waals surface area contributed by atoms with E-state index in [0.717, 1.165) is 19.3 Å². The average molecular weight is 305 g/mol. The van der Waals surface area contributed by atoms with Crippen LogP contribution < -0.4 is 9.47 Å². The lowest BCUT2D eigenvalue weighted by molar-refractivity contribution is -0.143. The third-order valence-electron chi connectivity index (χ3n) is 4.04. The molecule has 0 unspecified atom stereocenters. The topological polar surface area (TPSA) is 76.1 Å². The monoisotopic (exact) mass is 305 g/mol. The maximum absolute atomic E-state index is 12.7. The van der Waals surface area contributed by atoms with E-state index in [1.807, 2.05) is 0 Å². The number of fused-ring (bicyclic) bond motifs is 1. The Hall–Kier alpha value is -2.24. The van der Waals surface area contributed by atoms with Crippen molar-refractivity contribution < 1.29 is 24.2 Å². The van der Waals surface area contributed by atoms with E-state index in [1.54, 1.807) is 18.2 Å². The van der Waals surface area contributed by atoms with Crippen LogP contribution in [0.2, 0.25) is 0 Å². The Morgan fingerprint density at radius 1 is 1.09 bits per heavy atom. The molecule has 0 spiro atoms. The van der Waals surface area contributed by atoms with Gasteiger partial charge in [-0.3, -0.25) is 4.79 Å². The van der Waals surface area contributed by atoms with Crippen molar-refractivity contribution >= 4 is 11.9 Å². The molecule has 1 aromatic carbocycles. The minimum Gasteiger partial charge on any atom is -0.490 e. The number of carboxylic acids is 1. The number of carbonyl (C=O) groups excluding carboxylic acids is 1. The van der Waals surface area contributed by atoms with E-state index in [4.69, 9.17) is 9.47 Å². The van der Waals surface area contributed by atoms with Crippen molar-refractivity contribution in [2.24, 2.45) is 0 Å². The second-order valence-electron chi connectivity index (χ2n) is 5.56. The van der Waals surface area contributed by atoms with Gasteiger partial charge < -0.3 is 19.5 Å². The van der Waals surface area contributed by atoms with Gasteiger partial charge in [-0.05, 0) is 37.5 Å². The molecule has 0 aliphatic carbocycles. The van der Waals surface area contributed by atoms with Crippen LogP contribution in [0.25, 0.3) is 0 Å². The van der Waals surface area contributed by atoms with Crippen LogP contribution in [-0.2, 0) is 4.79 Å². The molecule has 1 amide bonds. The predicted octanol–water partition coefficient (Wildman–Crippen LogP) is 1.93. The molecule has 1 fully saturated rings. The Morgan fingerprint density at radius 3 is 2.64 bits per heavy atom. The fourth-order valence-electron chi connectivity index (χ4n) is 2.89. The Balaban J connectivity index is 1.85. The van der Waals surface area contributed by atoms with Crippen molar-refractivity contribution in [2.75, 3.05) is 19.8 Å². The Labute approximate surface area is 128 Å². The molecule has 0 radical (unpaired) electrons. The van der Waals surface area contributed by atoms with Gasteiger partial charge in [0.15, 0.2) is 11.5 Å². The molecule has 6 heteroatoms. The molecule has 3 rings (SSSR count). The highest BCUT2D eigenvalue weighted by molar-refractivity contribution is 5.97. The highest BCUT2D eigenvalue weighted by atomic mass is 16.5. The fraction of sp³-hybridized carbons (Fsp3) is 0.500. The summed E-state index contributed by atoms with van der Waals surface area (Å²) in [7, 11) is 0. The number of hydrogen-bond acceptors (Lipinski definition) is 4. The van der Waals surface area contributed by atoms with E-state index in [1.165, 1.54) is 4.90 Å². The highest BCUT2D eigenvalue weighted by Crippen LogP contribution is 2.31. The van der Waals surface area contributed by atoms with Gasteiger partial charge in [-0.2, -0.15) is 0 Å². The lowest BCUT2D eigenvalue weighted by Gasteiger charge is -2.33. The number of piperidine rings is 1. The van der Waals surface area contributed by atoms with Gasteiger partial charge in [-0.15, -0.1) is 0 Å². The van der Waals surface area contributed by atoms with E-state index in [2.05, 4.69) is 0 Å². The Kier molecular flexibility index (Phi) is 4.18. The molecule has 1 aromatic rings. The summed E-state index contributed by atoms with van der Waals surface area (Å²) in [5.41, 5.74) is 0.442. The van der Waals surface area contributed by atoms with Gasteiger partial charge in [0.2, 0.25) is 0 Å². The summed E-state index contributed by atoms with van der Waals surface area (Å²) in [5, 5.41) is 9.30. The maximum atomic E-state index is 12.7. The number of likely N-dealkylation sites (tertiary alicyclic amines) is 1. The first-order chi connectivity index (χ1) is 10.7. The zero-order valence-corrected chi connectivity index (χ0v) is 12.3. The molecule has 22 heavy (non-hydrogen) atoms. The normalized spacial score (nSPS) is 21.1. The molecule has 1 saturated heterocycles. The summed E-state index contributed by atoms with van der Waals surface area (Å²) in [4.78, 5) is 25.4. The number of carbonyl (C=O) groups is 2. The number of carboxylic acid groups (broad SMARTS) is 1. The SMILES string of the molecule is O=C(O)[C@H]1CCCCN1C(=O)c1ccc2c(c1)OCCCO2. The first-order valence-electron chi connectivity index (χ1n) is 7.60. The second-order valence-corrected chi connectivity index (χ2v) is 5.56. The van der Waals surface area contributed by atoms with Gasteiger partial charge >= 0.3 is 5.97 Å². The summed E-state index contributed by atoms with van der Waals surface area (Å²) in [5.74, 6) is -0.0279. The van der Waals surface area contributed by atoms with Gasteiger partial charge in [0.1, 0.15) is 6.04 Å². The van der Waals surface area contributed by atoms with Crippen molar-refractivity contribution in [1.29, 1.82) is 0 Å². The third-order valence-corrected chi connectivity index (χ3v) is 4.04. The van der Waals surface area contributed by atoms with Gasteiger partial charge in [-0.1, -0.05) is 0 Å². The number of hydrogen-bond donors (Lipinski definition) is 1. The van der Waals surface area contributed by atoms with Crippen molar-refractivity contribution in [2.45, 2.75) is 31.7 Å². The molecule has 2 heterocycles. The lowest BCUT2D eigenvalue weighted by Crippen LogP contribution is -2.47. The van der Waals surface area contributed by atoms with Gasteiger partial charge in [0.05, 0.1) is 13.2 Å². The van der Waals surface area contributed by atoms with Crippen LogP contribution in [0.4, 0.5) is 0 Å². The van der Waals surface area contributed by atoms with Gasteiger partial charge in [-0.25, -0.2) is 4.79 Å². The number of amides is 1. The standard InChI is InChI=1S/C16H19NO5/c18-15(17-7-2-1-4-12(17)16(19)20)11-5-6-13-14(10-11)22-9-3-8-21-13/h5-6,10,12H,1-4,7-9H2,(H,19,20)/t12-/m1/s1. The molecule has 0 saturated carbocycles. The van der Waals surface area contributed by atoms with Crippen LogP contribution >= 0.6 is 0 Å². The smallest absolute Gasteiger partial charge is 0.326 e. The minimum absolute atomic E-state index is 0.261. The number of rotatable bonds is 2. The lowest BCUT2D eigenvalue weighted by atomic mass is 10.0. The Bertz CT molecular complexity index is 586. The van der Waals surface area contributed by atoms with Crippen LogP contribution in [0.15, 0.2) is 18.2 Å². The average Bonchev–Trinajstić information content (AvgIpc) is 2.78. The first kappa shape index (κ1) is 14.7. The molecular weight excluding hydrogens is 286 g/mol. The summed E-state index contributed by atoms with van der Waals surface area (Å²) >= 11 is 0. The third kappa shape index (κ3) is 2.86. The molecule has 2 aliphatic rings. The van der Waals surface area contributed by atoms with Gasteiger partial charge in [0.25, 0.3) is 5.91 Å². The molecule has 1 atom stereocenters. The van der Waals surface area contributed by atoms with E-state index < -0.39 is 12.0 Å². The molecule has 0 aromatic heterocycles. The molecular formula is C16H19NO5. The Morgan fingerprint density at radius 2 is 1.86 bits per heavy atom. The summed E-state index contributed by atoms with van der Waals surface area (Å²) in [6, 6.07) is 4.30. The van der Waals surface area contributed by atoms with Crippen LogP contribution in [0.3, 0.4) is 0 Å². The molecule has 2 aliphatic heterocycles. The van der Waals surface area contributed by atoms with Crippen molar-refractivity contribution in [1.82, 2.24) is 4.90 Å². The van der Waals surface area contributed by atoms with E-state index in [0.29, 0.717) is 43.2 Å². The fourth-order valence-corrected chi connectivity index (χ4v) is 2.89.